The molecule has 0 saturated carbocycles. The van der Waals surface area contributed by atoms with E-state index in [1.54, 1.807) is 0 Å². The number of carbonyl (C=O) groups is 3. The predicted octanol–water partition coefficient (Wildman–Crippen LogP) is 14.9. The smallest absolute Gasteiger partial charge is 0.306 e. The summed E-state index contributed by atoms with van der Waals surface area (Å²) < 4.78 is 16.7. The quantitative estimate of drug-likeness (QED) is 0.0351. The lowest BCUT2D eigenvalue weighted by molar-refractivity contribution is -0.167. The first kappa shape index (κ1) is 51.4. The molecule has 0 radical (unpaired) electrons. The van der Waals surface area contributed by atoms with Gasteiger partial charge in [-0.25, -0.2) is 0 Å². The zero-order valence-electron chi connectivity index (χ0n) is 35.8. The Balaban J connectivity index is 4.19. The van der Waals surface area contributed by atoms with Crippen molar-refractivity contribution in [2.24, 2.45) is 0 Å². The summed E-state index contributed by atoms with van der Waals surface area (Å²) in [5, 5.41) is 0. The van der Waals surface area contributed by atoms with Crippen LogP contribution in [-0.2, 0) is 28.6 Å². The minimum absolute atomic E-state index is 0.0632. The van der Waals surface area contributed by atoms with Crippen LogP contribution in [0.1, 0.15) is 265 Å². The van der Waals surface area contributed by atoms with Crippen LogP contribution < -0.4 is 0 Å². The molecule has 0 aliphatic carbocycles. The number of hydrogen-bond acceptors (Lipinski definition) is 6. The van der Waals surface area contributed by atoms with Gasteiger partial charge >= 0.3 is 17.9 Å². The van der Waals surface area contributed by atoms with Crippen LogP contribution in [-0.4, -0.2) is 37.2 Å². The molecule has 0 heterocycles. The molecule has 0 aliphatic heterocycles. The number of ether oxygens (including phenoxy) is 3. The third kappa shape index (κ3) is 41.4. The topological polar surface area (TPSA) is 78.9 Å². The summed E-state index contributed by atoms with van der Waals surface area (Å²) in [7, 11) is 0. The Kier molecular flexibility index (Phi) is 41.8. The fourth-order valence-electron chi connectivity index (χ4n) is 7.03. The van der Waals surface area contributed by atoms with E-state index in [4.69, 9.17) is 14.2 Å². The largest absolute Gasteiger partial charge is 0.462 e. The highest BCUT2D eigenvalue weighted by Gasteiger charge is 2.19. The number of esters is 3. The molecule has 0 fully saturated rings. The second-order valence-electron chi connectivity index (χ2n) is 16.0. The van der Waals surface area contributed by atoms with Crippen molar-refractivity contribution in [2.75, 3.05) is 13.2 Å². The van der Waals surface area contributed by atoms with Crippen molar-refractivity contribution in [2.45, 2.75) is 271 Å². The SMILES string of the molecule is CCCCCCCCCCCCCCCCCCC(=O)OC[C@@H](COC(=O)CCCCCCCCCCCCCC)OC(=O)CCCCCCCCC. The lowest BCUT2D eigenvalue weighted by atomic mass is 10.0. The van der Waals surface area contributed by atoms with Crippen LogP contribution in [0, 0.1) is 0 Å². The second-order valence-corrected chi connectivity index (χ2v) is 16.0. The van der Waals surface area contributed by atoms with Crippen molar-refractivity contribution >= 4 is 17.9 Å². The van der Waals surface area contributed by atoms with Crippen LogP contribution in [0.4, 0.5) is 0 Å². The second kappa shape index (κ2) is 43.1. The van der Waals surface area contributed by atoms with E-state index in [9.17, 15) is 14.4 Å². The molecule has 0 unspecified atom stereocenters. The molecule has 6 nitrogen and oxygen atoms in total. The van der Waals surface area contributed by atoms with Gasteiger partial charge in [-0.15, -0.1) is 0 Å². The highest BCUT2D eigenvalue weighted by molar-refractivity contribution is 5.71. The van der Waals surface area contributed by atoms with E-state index < -0.39 is 6.10 Å². The first-order chi connectivity index (χ1) is 26.0. The highest BCUT2D eigenvalue weighted by Crippen LogP contribution is 2.16. The summed E-state index contributed by atoms with van der Waals surface area (Å²) in [5.41, 5.74) is 0. The van der Waals surface area contributed by atoms with Gasteiger partial charge < -0.3 is 14.2 Å². The highest BCUT2D eigenvalue weighted by atomic mass is 16.6. The molecule has 0 aliphatic rings. The number of unbranched alkanes of at least 4 members (excludes halogenated alkanes) is 32. The molecule has 314 valence electrons. The molecule has 0 saturated heterocycles. The molecule has 0 aromatic rings. The maximum atomic E-state index is 12.6. The van der Waals surface area contributed by atoms with Crippen molar-refractivity contribution in [1.29, 1.82) is 0 Å². The van der Waals surface area contributed by atoms with E-state index in [1.165, 1.54) is 167 Å². The van der Waals surface area contributed by atoms with Gasteiger partial charge in [-0.2, -0.15) is 0 Å². The third-order valence-electron chi connectivity index (χ3n) is 10.6. The van der Waals surface area contributed by atoms with E-state index in [-0.39, 0.29) is 31.1 Å². The van der Waals surface area contributed by atoms with Gasteiger partial charge in [-0.1, -0.05) is 226 Å². The van der Waals surface area contributed by atoms with E-state index in [1.807, 2.05) is 0 Å². The molecular formula is C47H90O6. The van der Waals surface area contributed by atoms with Gasteiger partial charge in [0.25, 0.3) is 0 Å². The van der Waals surface area contributed by atoms with Crippen molar-refractivity contribution in [3.8, 4) is 0 Å². The fraction of sp³-hybridized carbons (Fsp3) is 0.936. The van der Waals surface area contributed by atoms with Gasteiger partial charge in [0.2, 0.25) is 0 Å². The summed E-state index contributed by atoms with van der Waals surface area (Å²) >= 11 is 0. The van der Waals surface area contributed by atoms with E-state index in [0.717, 1.165) is 57.8 Å². The minimum atomic E-state index is -0.757. The van der Waals surface area contributed by atoms with Crippen LogP contribution in [0.3, 0.4) is 0 Å². The number of hydrogen-bond donors (Lipinski definition) is 0. The van der Waals surface area contributed by atoms with Gasteiger partial charge in [-0.05, 0) is 19.3 Å². The zero-order valence-corrected chi connectivity index (χ0v) is 35.8. The van der Waals surface area contributed by atoms with Crippen molar-refractivity contribution in [3.05, 3.63) is 0 Å². The van der Waals surface area contributed by atoms with Crippen LogP contribution >= 0.6 is 0 Å². The molecule has 0 aromatic heterocycles. The first-order valence-corrected chi connectivity index (χ1v) is 23.5. The minimum Gasteiger partial charge on any atom is -0.462 e. The average molecular weight is 751 g/mol. The standard InChI is InChI=1S/C47H90O6/c1-4-7-10-13-16-18-20-22-23-24-25-27-29-32-34-37-40-46(49)52-43-44(53-47(50)41-38-35-30-15-12-9-6-3)42-51-45(48)39-36-33-31-28-26-21-19-17-14-11-8-5-2/h44H,4-43H2,1-3H3/t44-/m1/s1. The van der Waals surface area contributed by atoms with Crippen molar-refractivity contribution in [1.82, 2.24) is 0 Å². The molecule has 6 heteroatoms. The summed E-state index contributed by atoms with van der Waals surface area (Å²) in [6, 6.07) is 0. The normalized spacial score (nSPS) is 11.8. The lowest BCUT2D eigenvalue weighted by Gasteiger charge is -2.18. The van der Waals surface area contributed by atoms with Crippen molar-refractivity contribution in [3.63, 3.8) is 0 Å². The zero-order chi connectivity index (χ0) is 38.7. The number of rotatable bonds is 43. The molecule has 1 atom stereocenters. The van der Waals surface area contributed by atoms with Gasteiger partial charge in [0.05, 0.1) is 0 Å². The van der Waals surface area contributed by atoms with Gasteiger partial charge in [-0.3, -0.25) is 14.4 Å². The predicted molar refractivity (Wildman–Crippen MR) is 224 cm³/mol. The van der Waals surface area contributed by atoms with Crippen LogP contribution in [0.2, 0.25) is 0 Å². The lowest BCUT2D eigenvalue weighted by Crippen LogP contribution is -2.30. The summed E-state index contributed by atoms with van der Waals surface area (Å²) in [6.45, 7) is 6.62. The molecule has 0 aromatic carbocycles. The van der Waals surface area contributed by atoms with Crippen LogP contribution in [0.15, 0.2) is 0 Å². The maximum Gasteiger partial charge on any atom is 0.306 e. The monoisotopic (exact) mass is 751 g/mol. The molecule has 0 N–H and O–H groups in total. The summed E-state index contributed by atoms with van der Waals surface area (Å²) in [5.74, 6) is -0.856. The van der Waals surface area contributed by atoms with E-state index >= 15 is 0 Å². The Morgan fingerprint density at radius 1 is 0.302 bits per heavy atom. The van der Waals surface area contributed by atoms with E-state index in [0.29, 0.717) is 19.3 Å². The maximum absolute atomic E-state index is 12.6. The van der Waals surface area contributed by atoms with E-state index in [2.05, 4.69) is 20.8 Å². The van der Waals surface area contributed by atoms with Crippen molar-refractivity contribution < 1.29 is 28.6 Å². The summed E-state index contributed by atoms with van der Waals surface area (Å²) in [4.78, 5) is 37.6. The first-order valence-electron chi connectivity index (χ1n) is 23.5. The van der Waals surface area contributed by atoms with Gasteiger partial charge in [0.15, 0.2) is 6.10 Å². The molecular weight excluding hydrogens is 661 g/mol. The summed E-state index contributed by atoms with van der Waals surface area (Å²) in [6.07, 6.45) is 43.8. The molecule has 0 rings (SSSR count). The molecule has 53 heavy (non-hydrogen) atoms. The van der Waals surface area contributed by atoms with Crippen LogP contribution in [0.5, 0.6) is 0 Å². The Morgan fingerprint density at radius 2 is 0.509 bits per heavy atom. The average Bonchev–Trinajstić information content (AvgIpc) is 3.15. The Hall–Kier alpha value is -1.59. The number of carbonyl (C=O) groups excluding carboxylic acids is 3. The van der Waals surface area contributed by atoms with Gasteiger partial charge in [0.1, 0.15) is 13.2 Å². The molecule has 0 spiro atoms. The third-order valence-corrected chi connectivity index (χ3v) is 10.6. The Morgan fingerprint density at radius 3 is 0.755 bits per heavy atom. The van der Waals surface area contributed by atoms with Crippen LogP contribution in [0.25, 0.3) is 0 Å². The fourth-order valence-corrected chi connectivity index (χ4v) is 7.03. The van der Waals surface area contributed by atoms with Gasteiger partial charge in [0, 0.05) is 19.3 Å². The molecule has 0 amide bonds. The molecule has 0 bridgehead atoms. The Labute approximate surface area is 329 Å². The Bertz CT molecular complexity index is 783.